The van der Waals surface area contributed by atoms with E-state index in [4.69, 9.17) is 14.2 Å². The van der Waals surface area contributed by atoms with Crippen LogP contribution >= 0.6 is 0 Å². The van der Waals surface area contributed by atoms with Crippen LogP contribution in [0, 0.1) is 0 Å². The molecule has 8 heteroatoms. The molecule has 1 heterocycles. The molecule has 4 aromatic rings. The van der Waals surface area contributed by atoms with Crippen LogP contribution in [0.2, 0.25) is 0 Å². The highest BCUT2D eigenvalue weighted by Crippen LogP contribution is 2.25. The maximum atomic E-state index is 13.4. The SMILES string of the molecule is COc1ccc(CN(Cc2cc3cc(OC)ccc3[nH]c2=O)C(=O)Nc2ccccc2OC)cc1. The minimum Gasteiger partial charge on any atom is -0.497 e. The number of aromatic nitrogens is 1. The third kappa shape index (κ3) is 5.55. The van der Waals surface area contributed by atoms with Gasteiger partial charge in [-0.25, -0.2) is 4.79 Å². The van der Waals surface area contributed by atoms with Crippen molar-refractivity contribution in [2.24, 2.45) is 0 Å². The van der Waals surface area contributed by atoms with E-state index < -0.39 is 0 Å². The first-order valence-corrected chi connectivity index (χ1v) is 11.0. The summed E-state index contributed by atoms with van der Waals surface area (Å²) in [6, 6.07) is 21.5. The largest absolute Gasteiger partial charge is 0.497 e. The molecule has 35 heavy (non-hydrogen) atoms. The summed E-state index contributed by atoms with van der Waals surface area (Å²) in [5.41, 5.74) is 2.32. The fourth-order valence-electron chi connectivity index (χ4n) is 3.77. The third-order valence-electron chi connectivity index (χ3n) is 5.66. The Kier molecular flexibility index (Phi) is 7.21. The fourth-order valence-corrected chi connectivity index (χ4v) is 3.77. The first-order chi connectivity index (χ1) is 17.0. The number of para-hydroxylation sites is 2. The minimum atomic E-state index is -0.365. The summed E-state index contributed by atoms with van der Waals surface area (Å²) in [5, 5.41) is 3.72. The smallest absolute Gasteiger partial charge is 0.322 e. The third-order valence-corrected chi connectivity index (χ3v) is 5.66. The van der Waals surface area contributed by atoms with Gasteiger partial charge in [0.15, 0.2) is 0 Å². The number of carbonyl (C=O) groups is 1. The molecular formula is C27H27N3O5. The van der Waals surface area contributed by atoms with Crippen molar-refractivity contribution in [3.05, 3.63) is 94.3 Å². The summed E-state index contributed by atoms with van der Waals surface area (Å²) in [7, 11) is 4.73. The molecule has 0 aliphatic rings. The Hall–Kier alpha value is -4.46. The molecule has 0 radical (unpaired) electrons. The molecule has 8 nitrogen and oxygen atoms in total. The van der Waals surface area contributed by atoms with Crippen LogP contribution in [-0.4, -0.2) is 37.2 Å². The van der Waals surface area contributed by atoms with E-state index in [-0.39, 0.29) is 24.7 Å². The van der Waals surface area contributed by atoms with Gasteiger partial charge in [0.2, 0.25) is 0 Å². The number of hydrogen-bond acceptors (Lipinski definition) is 5. The van der Waals surface area contributed by atoms with Gasteiger partial charge in [-0.1, -0.05) is 24.3 Å². The van der Waals surface area contributed by atoms with Gasteiger partial charge in [0.05, 0.1) is 33.6 Å². The van der Waals surface area contributed by atoms with Crippen molar-refractivity contribution < 1.29 is 19.0 Å². The monoisotopic (exact) mass is 473 g/mol. The van der Waals surface area contributed by atoms with Crippen LogP contribution in [-0.2, 0) is 13.1 Å². The predicted octanol–water partition coefficient (Wildman–Crippen LogP) is 4.79. The van der Waals surface area contributed by atoms with Gasteiger partial charge in [-0.3, -0.25) is 4.79 Å². The maximum absolute atomic E-state index is 13.4. The predicted molar refractivity (Wildman–Crippen MR) is 135 cm³/mol. The highest BCUT2D eigenvalue weighted by molar-refractivity contribution is 5.91. The molecule has 0 spiro atoms. The Labute approximate surface area is 203 Å². The number of carbonyl (C=O) groups excluding carboxylic acids is 1. The summed E-state index contributed by atoms with van der Waals surface area (Å²) >= 11 is 0. The molecule has 0 bridgehead atoms. The molecule has 2 amide bonds. The van der Waals surface area contributed by atoms with Crippen LogP contribution in [0.4, 0.5) is 10.5 Å². The van der Waals surface area contributed by atoms with Gasteiger partial charge in [0.1, 0.15) is 17.2 Å². The van der Waals surface area contributed by atoms with E-state index in [1.807, 2.05) is 42.5 Å². The maximum Gasteiger partial charge on any atom is 0.322 e. The lowest BCUT2D eigenvalue weighted by Crippen LogP contribution is -2.35. The van der Waals surface area contributed by atoms with Crippen LogP contribution in [0.1, 0.15) is 11.1 Å². The number of nitrogens with one attached hydrogen (secondary N) is 2. The lowest BCUT2D eigenvalue weighted by Gasteiger charge is -2.24. The van der Waals surface area contributed by atoms with Gasteiger partial charge < -0.3 is 29.4 Å². The van der Waals surface area contributed by atoms with Crippen LogP contribution in [0.15, 0.2) is 77.6 Å². The van der Waals surface area contributed by atoms with Crippen molar-refractivity contribution in [2.45, 2.75) is 13.1 Å². The number of amides is 2. The Balaban J connectivity index is 1.67. The molecule has 0 aliphatic heterocycles. The Morgan fingerprint density at radius 2 is 1.57 bits per heavy atom. The van der Waals surface area contributed by atoms with Gasteiger partial charge in [-0.2, -0.15) is 0 Å². The van der Waals surface area contributed by atoms with E-state index in [0.29, 0.717) is 28.3 Å². The first kappa shape index (κ1) is 23.7. The number of anilines is 1. The van der Waals surface area contributed by atoms with Crippen LogP contribution in [0.5, 0.6) is 17.2 Å². The van der Waals surface area contributed by atoms with E-state index in [1.165, 1.54) is 0 Å². The van der Waals surface area contributed by atoms with Crippen LogP contribution in [0.25, 0.3) is 10.9 Å². The molecule has 0 unspecified atom stereocenters. The average molecular weight is 474 g/mol. The van der Waals surface area contributed by atoms with Crippen molar-refractivity contribution in [3.63, 3.8) is 0 Å². The first-order valence-electron chi connectivity index (χ1n) is 11.0. The van der Waals surface area contributed by atoms with Crippen molar-refractivity contribution in [2.75, 3.05) is 26.6 Å². The quantitative estimate of drug-likeness (QED) is 0.384. The van der Waals surface area contributed by atoms with Crippen molar-refractivity contribution in [1.82, 2.24) is 9.88 Å². The number of nitrogens with zero attached hydrogens (tertiary/aromatic N) is 1. The van der Waals surface area contributed by atoms with Crippen molar-refractivity contribution >= 4 is 22.6 Å². The number of methoxy groups -OCH3 is 3. The lowest BCUT2D eigenvalue weighted by atomic mass is 10.1. The summed E-state index contributed by atoms with van der Waals surface area (Å²) < 4.78 is 15.9. The molecule has 0 aliphatic carbocycles. The molecule has 4 rings (SSSR count). The molecular weight excluding hydrogens is 446 g/mol. The molecule has 0 saturated heterocycles. The Morgan fingerprint density at radius 1 is 0.857 bits per heavy atom. The number of rotatable bonds is 8. The molecule has 0 saturated carbocycles. The van der Waals surface area contributed by atoms with Gasteiger partial charge in [0.25, 0.3) is 5.56 Å². The molecule has 0 atom stereocenters. The van der Waals surface area contributed by atoms with Gasteiger partial charge in [0, 0.05) is 23.0 Å². The summed E-state index contributed by atoms with van der Waals surface area (Å²) in [6.45, 7) is 0.371. The lowest BCUT2D eigenvalue weighted by molar-refractivity contribution is 0.206. The molecule has 3 aromatic carbocycles. The number of fused-ring (bicyclic) bond motifs is 1. The topological polar surface area (TPSA) is 92.9 Å². The number of pyridine rings is 1. The normalized spacial score (nSPS) is 10.6. The standard InChI is InChI=1S/C27H27N3O5/c1-33-21-10-8-18(9-11-21)16-30(27(32)29-24-6-4-5-7-25(24)35-3)17-20-14-19-15-22(34-2)12-13-23(19)28-26(20)31/h4-15H,16-17H2,1-3H3,(H,28,31)(H,29,32). The minimum absolute atomic E-state index is 0.0928. The summed E-state index contributed by atoms with van der Waals surface area (Å²) in [4.78, 5) is 30.7. The number of benzene rings is 3. The number of aromatic amines is 1. The fraction of sp³-hybridized carbons (Fsp3) is 0.185. The second kappa shape index (κ2) is 10.6. The van der Waals surface area contributed by atoms with Crippen LogP contribution in [0.3, 0.4) is 0 Å². The highest BCUT2D eigenvalue weighted by Gasteiger charge is 2.18. The van der Waals surface area contributed by atoms with E-state index in [0.717, 1.165) is 16.7 Å². The van der Waals surface area contributed by atoms with E-state index in [2.05, 4.69) is 10.3 Å². The molecule has 1 aromatic heterocycles. The average Bonchev–Trinajstić information content (AvgIpc) is 2.89. The zero-order valence-corrected chi connectivity index (χ0v) is 19.8. The van der Waals surface area contributed by atoms with Crippen molar-refractivity contribution in [1.29, 1.82) is 0 Å². The molecule has 2 N–H and O–H groups in total. The number of hydrogen-bond donors (Lipinski definition) is 2. The van der Waals surface area contributed by atoms with Gasteiger partial charge >= 0.3 is 6.03 Å². The second-order valence-electron chi connectivity index (χ2n) is 7.91. The zero-order chi connectivity index (χ0) is 24.8. The summed E-state index contributed by atoms with van der Waals surface area (Å²) in [5.74, 6) is 1.94. The Morgan fingerprint density at radius 3 is 2.29 bits per heavy atom. The summed E-state index contributed by atoms with van der Waals surface area (Å²) in [6.07, 6.45) is 0. The number of H-pyrrole nitrogens is 1. The number of urea groups is 1. The van der Waals surface area contributed by atoms with Gasteiger partial charge in [-0.15, -0.1) is 0 Å². The van der Waals surface area contributed by atoms with E-state index >= 15 is 0 Å². The molecule has 180 valence electrons. The van der Waals surface area contributed by atoms with E-state index in [1.54, 1.807) is 56.6 Å². The number of ether oxygens (including phenoxy) is 3. The van der Waals surface area contributed by atoms with Crippen molar-refractivity contribution in [3.8, 4) is 17.2 Å². The van der Waals surface area contributed by atoms with Gasteiger partial charge in [-0.05, 0) is 54.1 Å². The van der Waals surface area contributed by atoms with E-state index in [9.17, 15) is 9.59 Å². The zero-order valence-electron chi connectivity index (χ0n) is 19.8. The molecule has 0 fully saturated rings. The van der Waals surface area contributed by atoms with Crippen LogP contribution < -0.4 is 25.1 Å². The second-order valence-corrected chi connectivity index (χ2v) is 7.91. The highest BCUT2D eigenvalue weighted by atomic mass is 16.5. The Bertz CT molecular complexity index is 1380.